The van der Waals surface area contributed by atoms with Gasteiger partial charge in [-0.05, 0) is 68.4 Å². The first-order chi connectivity index (χ1) is 13.3. The first-order valence-electron chi connectivity index (χ1n) is 9.78. The van der Waals surface area contributed by atoms with Gasteiger partial charge in [0.25, 0.3) is 0 Å². The molecule has 1 N–H and O–H groups in total. The third kappa shape index (κ3) is 4.83. The number of methoxy groups -OCH3 is 1. The molecule has 152 valence electrons. The minimum absolute atomic E-state index is 0.0269. The third-order valence-electron chi connectivity index (χ3n) is 5.85. The van der Waals surface area contributed by atoms with E-state index in [1.54, 1.807) is 13.2 Å². The molecule has 1 saturated carbocycles. The van der Waals surface area contributed by atoms with Gasteiger partial charge in [0.15, 0.2) is 0 Å². The maximum atomic E-state index is 12.1. The van der Waals surface area contributed by atoms with E-state index < -0.39 is 5.60 Å². The maximum Gasteiger partial charge on any atom is 0.119 e. The predicted molar refractivity (Wildman–Crippen MR) is 117 cm³/mol. The molecule has 3 nitrogen and oxygen atoms in total. The van der Waals surface area contributed by atoms with Gasteiger partial charge in [-0.2, -0.15) is 0 Å². The monoisotopic (exact) mass is 421 g/mol. The van der Waals surface area contributed by atoms with Crippen molar-refractivity contribution in [1.29, 1.82) is 0 Å². The molecule has 2 aromatic carbocycles. The van der Waals surface area contributed by atoms with Gasteiger partial charge < -0.3 is 14.7 Å². The summed E-state index contributed by atoms with van der Waals surface area (Å²) in [6.45, 7) is 0.839. The summed E-state index contributed by atoms with van der Waals surface area (Å²) in [6.07, 6.45) is 3.57. The molecule has 3 atom stereocenters. The molecule has 5 heteroatoms. The van der Waals surface area contributed by atoms with E-state index in [2.05, 4.69) is 31.1 Å². The van der Waals surface area contributed by atoms with Crippen LogP contribution in [-0.2, 0) is 6.42 Å². The summed E-state index contributed by atoms with van der Waals surface area (Å²) in [6, 6.07) is 13.7. The largest absolute Gasteiger partial charge is 0.497 e. The first-order valence-corrected chi connectivity index (χ1v) is 10.5. The van der Waals surface area contributed by atoms with Crippen LogP contribution in [0.1, 0.15) is 36.3 Å². The average molecular weight is 422 g/mol. The molecule has 2 aromatic rings. The van der Waals surface area contributed by atoms with E-state index in [0.29, 0.717) is 16.5 Å². The zero-order valence-electron chi connectivity index (χ0n) is 16.8. The van der Waals surface area contributed by atoms with Crippen molar-refractivity contribution in [2.75, 3.05) is 27.7 Å². The first kappa shape index (κ1) is 21.4. The molecule has 0 aromatic heterocycles. The van der Waals surface area contributed by atoms with Crippen molar-refractivity contribution < 1.29 is 9.84 Å². The maximum absolute atomic E-state index is 12.1. The van der Waals surface area contributed by atoms with Crippen LogP contribution in [0.4, 0.5) is 0 Å². The molecular formula is C23H29Cl2NO2. The minimum atomic E-state index is -0.886. The molecule has 0 bridgehead atoms. The number of benzene rings is 2. The molecule has 0 aliphatic heterocycles. The molecule has 3 rings (SSSR count). The molecule has 0 heterocycles. The van der Waals surface area contributed by atoms with Gasteiger partial charge in [0.2, 0.25) is 0 Å². The highest BCUT2D eigenvalue weighted by atomic mass is 35.5. The highest BCUT2D eigenvalue weighted by molar-refractivity contribution is 6.34. The van der Waals surface area contributed by atoms with Crippen LogP contribution in [0.5, 0.6) is 5.75 Å². The number of ether oxygens (including phenoxy) is 1. The summed E-state index contributed by atoms with van der Waals surface area (Å²) in [5, 5.41) is 13.3. The minimum Gasteiger partial charge on any atom is -0.497 e. The summed E-state index contributed by atoms with van der Waals surface area (Å²) in [5.74, 6) is 1.00. The number of halogens is 2. The van der Waals surface area contributed by atoms with Gasteiger partial charge in [0.1, 0.15) is 5.75 Å². The second kappa shape index (κ2) is 9.04. The lowest BCUT2D eigenvalue weighted by Gasteiger charge is -2.47. The van der Waals surface area contributed by atoms with Gasteiger partial charge in [0.05, 0.1) is 12.7 Å². The van der Waals surface area contributed by atoms with E-state index in [9.17, 15) is 5.11 Å². The van der Waals surface area contributed by atoms with Gasteiger partial charge in [-0.15, -0.1) is 0 Å². The molecule has 1 aliphatic rings. The smallest absolute Gasteiger partial charge is 0.119 e. The molecule has 28 heavy (non-hydrogen) atoms. The van der Waals surface area contributed by atoms with Crippen LogP contribution in [0.25, 0.3) is 0 Å². The van der Waals surface area contributed by atoms with Gasteiger partial charge in [-0.25, -0.2) is 0 Å². The van der Waals surface area contributed by atoms with Gasteiger partial charge in [0, 0.05) is 34.8 Å². The number of nitrogens with zero attached hydrogens (tertiary/aromatic N) is 1. The molecule has 0 saturated heterocycles. The van der Waals surface area contributed by atoms with Crippen molar-refractivity contribution in [3.63, 3.8) is 0 Å². The Bertz CT molecular complexity index is 791. The molecule has 0 spiro atoms. The normalized spacial score (nSPS) is 25.1. The van der Waals surface area contributed by atoms with Crippen molar-refractivity contribution >= 4 is 23.2 Å². The van der Waals surface area contributed by atoms with Gasteiger partial charge in [-0.1, -0.05) is 41.8 Å². The van der Waals surface area contributed by atoms with Crippen molar-refractivity contribution in [3.8, 4) is 5.75 Å². The number of rotatable bonds is 6. The number of aliphatic hydroxyl groups is 1. The van der Waals surface area contributed by atoms with E-state index in [0.717, 1.165) is 42.7 Å². The molecule has 0 amide bonds. The van der Waals surface area contributed by atoms with Crippen LogP contribution in [0.2, 0.25) is 10.0 Å². The molecule has 0 radical (unpaired) electrons. The van der Waals surface area contributed by atoms with Gasteiger partial charge in [-0.3, -0.25) is 0 Å². The predicted octanol–water partition coefficient (Wildman–Crippen LogP) is 5.42. The summed E-state index contributed by atoms with van der Waals surface area (Å²) >= 11 is 12.5. The van der Waals surface area contributed by atoms with E-state index >= 15 is 0 Å². The molecule has 1 aliphatic carbocycles. The van der Waals surface area contributed by atoms with E-state index in [4.69, 9.17) is 27.9 Å². The summed E-state index contributed by atoms with van der Waals surface area (Å²) in [4.78, 5) is 2.16. The van der Waals surface area contributed by atoms with Crippen molar-refractivity contribution in [3.05, 3.63) is 63.6 Å². The fourth-order valence-electron chi connectivity index (χ4n) is 4.66. The van der Waals surface area contributed by atoms with E-state index in [-0.39, 0.29) is 11.8 Å². The van der Waals surface area contributed by atoms with Crippen LogP contribution in [0.3, 0.4) is 0 Å². The lowest BCUT2D eigenvalue weighted by molar-refractivity contribution is -0.0733. The fraction of sp³-hybridized carbons (Fsp3) is 0.478. The highest BCUT2D eigenvalue weighted by Crippen LogP contribution is 2.47. The van der Waals surface area contributed by atoms with E-state index in [1.807, 2.05) is 24.3 Å². The lowest BCUT2D eigenvalue weighted by Crippen LogP contribution is -2.51. The quantitative estimate of drug-likeness (QED) is 0.675. The van der Waals surface area contributed by atoms with Crippen molar-refractivity contribution in [2.24, 2.45) is 5.92 Å². The lowest BCUT2D eigenvalue weighted by atomic mass is 9.63. The summed E-state index contributed by atoms with van der Waals surface area (Å²) in [7, 11) is 5.80. The topological polar surface area (TPSA) is 32.7 Å². The van der Waals surface area contributed by atoms with Crippen LogP contribution in [0.15, 0.2) is 42.5 Å². The standard InChI is InChI=1S/C23H29Cl2NO2/c1-26(2)15-18-7-5-9-22(17-6-4-8-21(12-17)28-3)23(18,27)14-16-10-19(24)13-20(25)11-16/h4,6,8,10-13,18,22,27H,5,7,9,14-15H2,1-3H3. The Kier molecular flexibility index (Phi) is 6.93. The van der Waals surface area contributed by atoms with Crippen molar-refractivity contribution in [2.45, 2.75) is 37.2 Å². The summed E-state index contributed by atoms with van der Waals surface area (Å²) in [5.41, 5.74) is 1.21. The Balaban J connectivity index is 2.02. The Labute approximate surface area is 178 Å². The zero-order valence-corrected chi connectivity index (χ0v) is 18.3. The number of hydrogen-bond donors (Lipinski definition) is 1. The van der Waals surface area contributed by atoms with E-state index in [1.165, 1.54) is 0 Å². The third-order valence-corrected chi connectivity index (χ3v) is 6.28. The molecule has 1 fully saturated rings. The Morgan fingerprint density at radius 3 is 2.46 bits per heavy atom. The SMILES string of the molecule is COc1cccc(C2CCCC(CN(C)C)C2(O)Cc2cc(Cl)cc(Cl)c2)c1. The average Bonchev–Trinajstić information content (AvgIpc) is 2.62. The second-order valence-electron chi connectivity index (χ2n) is 8.16. The zero-order chi connectivity index (χ0) is 20.3. The van der Waals surface area contributed by atoms with Gasteiger partial charge >= 0.3 is 0 Å². The van der Waals surface area contributed by atoms with Crippen LogP contribution >= 0.6 is 23.2 Å². The highest BCUT2D eigenvalue weighted by Gasteiger charge is 2.47. The number of hydrogen-bond acceptors (Lipinski definition) is 3. The van der Waals surface area contributed by atoms with Crippen LogP contribution in [0, 0.1) is 5.92 Å². The fourth-order valence-corrected chi connectivity index (χ4v) is 5.24. The second-order valence-corrected chi connectivity index (χ2v) is 9.04. The van der Waals surface area contributed by atoms with Crippen molar-refractivity contribution in [1.82, 2.24) is 4.90 Å². The van der Waals surface area contributed by atoms with Crippen LogP contribution < -0.4 is 4.74 Å². The Hall–Kier alpha value is -1.26. The molecular weight excluding hydrogens is 393 g/mol. The molecule has 3 unspecified atom stereocenters. The summed E-state index contributed by atoms with van der Waals surface area (Å²) < 4.78 is 5.43. The Morgan fingerprint density at radius 2 is 1.82 bits per heavy atom. The van der Waals surface area contributed by atoms with Crippen LogP contribution in [-0.4, -0.2) is 43.4 Å². The Morgan fingerprint density at radius 1 is 1.11 bits per heavy atom.